The smallest absolute Gasteiger partial charge is 0.108 e. The van der Waals surface area contributed by atoms with E-state index >= 15 is 0 Å². The van der Waals surface area contributed by atoms with Gasteiger partial charge in [-0.05, 0) is 19.9 Å². The molecule has 0 radical (unpaired) electrons. The molecule has 5 N–H and O–H groups in total. The highest BCUT2D eigenvalue weighted by Gasteiger charge is 2.22. The van der Waals surface area contributed by atoms with Gasteiger partial charge in [-0.25, -0.2) is 0 Å². The first-order valence-electron chi connectivity index (χ1n) is 5.23. The first-order chi connectivity index (χ1) is 7.11. The van der Waals surface area contributed by atoms with Crippen LogP contribution in [-0.2, 0) is 4.84 Å². The fourth-order valence-corrected chi connectivity index (χ4v) is 1.43. The van der Waals surface area contributed by atoms with E-state index in [1.807, 2.05) is 0 Å². The molecule has 1 heterocycles. The van der Waals surface area contributed by atoms with Crippen molar-refractivity contribution in [1.29, 1.82) is 0 Å². The van der Waals surface area contributed by atoms with E-state index in [0.29, 0.717) is 0 Å². The minimum Gasteiger partial charge on any atom is -0.391 e. The van der Waals surface area contributed by atoms with Crippen LogP contribution in [0.5, 0.6) is 0 Å². The summed E-state index contributed by atoms with van der Waals surface area (Å²) in [5.74, 6) is 0. The number of aliphatic hydroxyl groups is 3. The molecule has 90 valence electrons. The summed E-state index contributed by atoms with van der Waals surface area (Å²) in [4.78, 5) is 5.04. The molecule has 1 saturated heterocycles. The Morgan fingerprint density at radius 2 is 2.20 bits per heavy atom. The lowest BCUT2D eigenvalue weighted by Gasteiger charge is -2.20. The Morgan fingerprint density at radius 1 is 1.47 bits per heavy atom. The van der Waals surface area contributed by atoms with E-state index in [-0.39, 0.29) is 12.6 Å². The maximum Gasteiger partial charge on any atom is 0.108 e. The van der Waals surface area contributed by atoms with Gasteiger partial charge in [-0.1, -0.05) is 0 Å². The van der Waals surface area contributed by atoms with Gasteiger partial charge in [-0.2, -0.15) is 5.48 Å². The van der Waals surface area contributed by atoms with Crippen LogP contribution < -0.4 is 10.8 Å². The molecule has 15 heavy (non-hydrogen) atoms. The Hall–Kier alpha value is -0.240. The Morgan fingerprint density at radius 3 is 2.73 bits per heavy atom. The Bertz CT molecular complexity index is 173. The molecule has 0 spiro atoms. The summed E-state index contributed by atoms with van der Waals surface area (Å²) in [5, 5.41) is 30.8. The van der Waals surface area contributed by atoms with Gasteiger partial charge in [0, 0.05) is 12.6 Å². The molecule has 1 rings (SSSR count). The van der Waals surface area contributed by atoms with Crippen LogP contribution in [0.3, 0.4) is 0 Å². The normalized spacial score (nSPS) is 27.6. The lowest BCUT2D eigenvalue weighted by molar-refractivity contribution is -0.104. The predicted molar refractivity (Wildman–Crippen MR) is 54.1 cm³/mol. The lowest BCUT2D eigenvalue weighted by atomic mass is 10.1. The SMILES string of the molecule is C[C@@H](O)[C@@H](O)[C@@H](O)CONC1CCNC1. The van der Waals surface area contributed by atoms with E-state index in [9.17, 15) is 10.2 Å². The van der Waals surface area contributed by atoms with Crippen molar-refractivity contribution in [2.45, 2.75) is 37.7 Å². The topological polar surface area (TPSA) is 94.0 Å². The van der Waals surface area contributed by atoms with E-state index in [0.717, 1.165) is 19.5 Å². The van der Waals surface area contributed by atoms with E-state index in [1.165, 1.54) is 6.92 Å². The van der Waals surface area contributed by atoms with Gasteiger partial charge < -0.3 is 20.6 Å². The van der Waals surface area contributed by atoms with Crippen molar-refractivity contribution in [3.8, 4) is 0 Å². The van der Waals surface area contributed by atoms with Crippen molar-refractivity contribution in [2.75, 3.05) is 19.7 Å². The van der Waals surface area contributed by atoms with Crippen LogP contribution in [0.25, 0.3) is 0 Å². The minimum atomic E-state index is -1.17. The van der Waals surface area contributed by atoms with Gasteiger partial charge >= 0.3 is 0 Å². The number of hydrogen-bond acceptors (Lipinski definition) is 6. The van der Waals surface area contributed by atoms with Crippen LogP contribution in [-0.4, -0.2) is 59.4 Å². The fraction of sp³-hybridized carbons (Fsp3) is 1.00. The minimum absolute atomic E-state index is 0.0391. The molecule has 0 bridgehead atoms. The van der Waals surface area contributed by atoms with E-state index in [2.05, 4.69) is 10.8 Å². The van der Waals surface area contributed by atoms with E-state index in [4.69, 9.17) is 9.94 Å². The van der Waals surface area contributed by atoms with Crippen molar-refractivity contribution in [1.82, 2.24) is 10.8 Å². The van der Waals surface area contributed by atoms with Crippen molar-refractivity contribution in [3.63, 3.8) is 0 Å². The van der Waals surface area contributed by atoms with Gasteiger partial charge in [0.2, 0.25) is 0 Å². The van der Waals surface area contributed by atoms with Crippen molar-refractivity contribution in [2.24, 2.45) is 0 Å². The van der Waals surface area contributed by atoms with Gasteiger partial charge in [0.1, 0.15) is 12.2 Å². The molecular formula is C9H20N2O4. The molecule has 6 heteroatoms. The average molecular weight is 220 g/mol. The summed E-state index contributed by atoms with van der Waals surface area (Å²) in [6.45, 7) is 3.18. The summed E-state index contributed by atoms with van der Waals surface area (Å²) in [6.07, 6.45) is -2.23. The first-order valence-corrected chi connectivity index (χ1v) is 5.23. The third-order valence-corrected chi connectivity index (χ3v) is 2.45. The average Bonchev–Trinajstić information content (AvgIpc) is 2.69. The molecule has 0 aromatic heterocycles. The molecule has 0 amide bonds. The van der Waals surface area contributed by atoms with Crippen LogP contribution in [0, 0.1) is 0 Å². The summed E-state index contributed by atoms with van der Waals surface area (Å²) in [5.41, 5.74) is 2.79. The molecule has 0 aliphatic carbocycles. The Balaban J connectivity index is 2.08. The number of rotatable bonds is 6. The quantitative estimate of drug-likeness (QED) is 0.332. The van der Waals surface area contributed by atoms with Crippen molar-refractivity contribution < 1.29 is 20.2 Å². The largest absolute Gasteiger partial charge is 0.391 e. The summed E-state index contributed by atoms with van der Waals surface area (Å²) >= 11 is 0. The molecule has 1 aliphatic heterocycles. The van der Waals surface area contributed by atoms with Gasteiger partial charge in [0.15, 0.2) is 0 Å². The third-order valence-electron chi connectivity index (χ3n) is 2.45. The molecule has 1 unspecified atom stereocenters. The standard InChI is InChI=1S/C9H20N2O4/c1-6(12)9(14)8(13)5-15-11-7-2-3-10-4-7/h6-14H,2-5H2,1H3/t6-,7?,8+,9-/m1/s1. The summed E-state index contributed by atoms with van der Waals surface area (Å²) in [7, 11) is 0. The molecular weight excluding hydrogens is 200 g/mol. The summed E-state index contributed by atoms with van der Waals surface area (Å²) < 4.78 is 0. The molecule has 1 fully saturated rings. The zero-order valence-corrected chi connectivity index (χ0v) is 8.89. The van der Waals surface area contributed by atoms with Crippen LogP contribution in [0.1, 0.15) is 13.3 Å². The number of hydrogen-bond donors (Lipinski definition) is 5. The van der Waals surface area contributed by atoms with Gasteiger partial charge in [-0.3, -0.25) is 4.84 Å². The summed E-state index contributed by atoms with van der Waals surface area (Å²) in [6, 6.07) is 0.251. The number of hydroxylamine groups is 1. The third kappa shape index (κ3) is 4.42. The predicted octanol–water partition coefficient (Wildman–Crippen LogP) is -2.03. The molecule has 0 aromatic rings. The molecule has 0 aromatic carbocycles. The zero-order valence-electron chi connectivity index (χ0n) is 8.89. The molecule has 1 aliphatic rings. The molecule has 0 saturated carbocycles. The molecule has 4 atom stereocenters. The Kier molecular flexibility index (Phi) is 5.44. The highest BCUT2D eigenvalue weighted by atomic mass is 16.7. The van der Waals surface area contributed by atoms with Crippen molar-refractivity contribution >= 4 is 0 Å². The molecule has 6 nitrogen and oxygen atoms in total. The van der Waals surface area contributed by atoms with Crippen LogP contribution in [0.15, 0.2) is 0 Å². The van der Waals surface area contributed by atoms with E-state index < -0.39 is 18.3 Å². The Labute approximate surface area is 89.2 Å². The van der Waals surface area contributed by atoms with Crippen LogP contribution in [0.4, 0.5) is 0 Å². The maximum atomic E-state index is 9.37. The number of aliphatic hydroxyl groups excluding tert-OH is 3. The highest BCUT2D eigenvalue weighted by Crippen LogP contribution is 2.01. The second-order valence-electron chi connectivity index (χ2n) is 3.92. The first kappa shape index (κ1) is 12.8. The second kappa shape index (κ2) is 6.37. The number of nitrogens with one attached hydrogen (secondary N) is 2. The fourth-order valence-electron chi connectivity index (χ4n) is 1.43. The highest BCUT2D eigenvalue weighted by molar-refractivity contribution is 4.75. The monoisotopic (exact) mass is 220 g/mol. The van der Waals surface area contributed by atoms with Crippen LogP contribution in [0.2, 0.25) is 0 Å². The van der Waals surface area contributed by atoms with E-state index in [1.54, 1.807) is 0 Å². The maximum absolute atomic E-state index is 9.37. The van der Waals surface area contributed by atoms with Crippen molar-refractivity contribution in [3.05, 3.63) is 0 Å². The van der Waals surface area contributed by atoms with Gasteiger partial charge in [0.05, 0.1) is 12.7 Å². The second-order valence-corrected chi connectivity index (χ2v) is 3.92. The lowest BCUT2D eigenvalue weighted by Crippen LogP contribution is -2.41. The van der Waals surface area contributed by atoms with Gasteiger partial charge in [-0.15, -0.1) is 0 Å². The van der Waals surface area contributed by atoms with Gasteiger partial charge in [0.25, 0.3) is 0 Å². The van der Waals surface area contributed by atoms with Crippen LogP contribution >= 0.6 is 0 Å². The zero-order chi connectivity index (χ0) is 11.3.